The average molecular weight is 310 g/mol. The molecule has 1 N–H and O–H groups in total. The number of ether oxygens (including phenoxy) is 1. The van der Waals surface area contributed by atoms with Crippen LogP contribution in [0.15, 0.2) is 66.7 Å². The highest BCUT2D eigenvalue weighted by Crippen LogP contribution is 2.24. The van der Waals surface area contributed by atoms with Gasteiger partial charge in [-0.1, -0.05) is 54.6 Å². The molecule has 120 valence electrons. The van der Waals surface area contributed by atoms with Gasteiger partial charge in [0, 0.05) is 5.92 Å². The fraction of sp³-hybridized carbons (Fsp3) is 0.250. The maximum absolute atomic E-state index is 11.8. The van der Waals surface area contributed by atoms with Crippen molar-refractivity contribution in [1.29, 1.82) is 0 Å². The Morgan fingerprint density at radius 1 is 1.13 bits per heavy atom. The van der Waals surface area contributed by atoms with Gasteiger partial charge in [-0.3, -0.25) is 4.79 Å². The molecule has 3 nitrogen and oxygen atoms in total. The third-order valence-electron chi connectivity index (χ3n) is 3.58. The van der Waals surface area contributed by atoms with Crippen molar-refractivity contribution in [3.05, 3.63) is 77.9 Å². The molecule has 1 unspecified atom stereocenters. The van der Waals surface area contributed by atoms with Gasteiger partial charge in [-0.2, -0.15) is 0 Å². The van der Waals surface area contributed by atoms with E-state index in [2.05, 4.69) is 18.2 Å². The predicted octanol–water partition coefficient (Wildman–Crippen LogP) is 4.23. The Balaban J connectivity index is 2.09. The van der Waals surface area contributed by atoms with Crippen LogP contribution >= 0.6 is 0 Å². The van der Waals surface area contributed by atoms with Crippen molar-refractivity contribution < 1.29 is 14.6 Å². The maximum Gasteiger partial charge on any atom is 0.306 e. The first kappa shape index (κ1) is 16.8. The van der Waals surface area contributed by atoms with Gasteiger partial charge < -0.3 is 9.84 Å². The Morgan fingerprint density at radius 2 is 1.83 bits per heavy atom. The van der Waals surface area contributed by atoms with E-state index in [-0.39, 0.29) is 17.6 Å². The monoisotopic (exact) mass is 310 g/mol. The molecule has 0 saturated carbocycles. The molecular formula is C20H22O3. The van der Waals surface area contributed by atoms with Gasteiger partial charge in [0.15, 0.2) is 0 Å². The fourth-order valence-corrected chi connectivity index (χ4v) is 2.40. The number of benzene rings is 2. The molecule has 2 rings (SSSR count). The van der Waals surface area contributed by atoms with Crippen molar-refractivity contribution in [3.63, 3.8) is 0 Å². The summed E-state index contributed by atoms with van der Waals surface area (Å²) < 4.78 is 5.06. The van der Waals surface area contributed by atoms with Gasteiger partial charge >= 0.3 is 5.97 Å². The van der Waals surface area contributed by atoms with Gasteiger partial charge in [-0.15, -0.1) is 0 Å². The summed E-state index contributed by atoms with van der Waals surface area (Å²) in [4.78, 5) is 11.8. The zero-order valence-corrected chi connectivity index (χ0v) is 13.3. The normalized spacial score (nSPS) is 12.2. The highest BCUT2D eigenvalue weighted by molar-refractivity contribution is 5.71. The zero-order valence-electron chi connectivity index (χ0n) is 13.3. The SMILES string of the molecule is CCOC(=O)CC(/C=C/Cc1ccccc1)c1ccc(O)cc1. The number of carbonyl (C=O) groups excluding carboxylic acids is 1. The van der Waals surface area contributed by atoms with Crippen LogP contribution in [-0.4, -0.2) is 17.7 Å². The topological polar surface area (TPSA) is 46.5 Å². The van der Waals surface area contributed by atoms with Crippen LogP contribution in [0.3, 0.4) is 0 Å². The molecule has 0 saturated heterocycles. The van der Waals surface area contributed by atoms with Crippen LogP contribution in [-0.2, 0) is 16.0 Å². The molecule has 2 aromatic rings. The molecular weight excluding hydrogens is 288 g/mol. The Morgan fingerprint density at radius 3 is 2.48 bits per heavy atom. The Kier molecular flexibility index (Phi) is 6.42. The van der Waals surface area contributed by atoms with Crippen molar-refractivity contribution in [1.82, 2.24) is 0 Å². The van der Waals surface area contributed by atoms with Gasteiger partial charge in [0.05, 0.1) is 13.0 Å². The Bertz CT molecular complexity index is 630. The number of phenolic OH excluding ortho intramolecular Hbond substituents is 1. The molecule has 0 aliphatic rings. The highest BCUT2D eigenvalue weighted by atomic mass is 16.5. The molecule has 2 aromatic carbocycles. The number of esters is 1. The minimum atomic E-state index is -0.213. The number of hydrogen-bond donors (Lipinski definition) is 1. The minimum absolute atomic E-state index is 0.0571. The lowest BCUT2D eigenvalue weighted by Crippen LogP contribution is -2.09. The first-order valence-electron chi connectivity index (χ1n) is 7.84. The molecule has 0 aromatic heterocycles. The van der Waals surface area contributed by atoms with Crippen molar-refractivity contribution in [3.8, 4) is 5.75 Å². The van der Waals surface area contributed by atoms with Crippen molar-refractivity contribution in [2.45, 2.75) is 25.7 Å². The largest absolute Gasteiger partial charge is 0.508 e. The van der Waals surface area contributed by atoms with E-state index in [1.165, 1.54) is 5.56 Å². The van der Waals surface area contributed by atoms with Crippen LogP contribution in [0.1, 0.15) is 30.4 Å². The first-order chi connectivity index (χ1) is 11.2. The lowest BCUT2D eigenvalue weighted by Gasteiger charge is -2.13. The summed E-state index contributed by atoms with van der Waals surface area (Å²) in [6.45, 7) is 2.19. The number of aromatic hydroxyl groups is 1. The number of phenols is 1. The summed E-state index contributed by atoms with van der Waals surface area (Å²) in [5.74, 6) is -0.0507. The smallest absolute Gasteiger partial charge is 0.306 e. The van der Waals surface area contributed by atoms with Gasteiger partial charge in [-0.25, -0.2) is 0 Å². The van der Waals surface area contributed by atoms with Crippen molar-refractivity contribution >= 4 is 5.97 Å². The second-order valence-corrected chi connectivity index (χ2v) is 5.33. The Labute approximate surface area is 137 Å². The van der Waals surface area contributed by atoms with Crippen molar-refractivity contribution in [2.75, 3.05) is 6.61 Å². The van der Waals surface area contributed by atoms with Gasteiger partial charge in [0.2, 0.25) is 0 Å². The fourth-order valence-electron chi connectivity index (χ4n) is 2.40. The zero-order chi connectivity index (χ0) is 16.5. The molecule has 1 atom stereocenters. The molecule has 0 bridgehead atoms. The van der Waals surface area contributed by atoms with Gasteiger partial charge in [-0.05, 0) is 36.6 Å². The summed E-state index contributed by atoms with van der Waals surface area (Å²) in [6.07, 6.45) is 5.23. The van der Waals surface area contributed by atoms with E-state index in [1.807, 2.05) is 36.4 Å². The van der Waals surface area contributed by atoms with Gasteiger partial charge in [0.1, 0.15) is 5.75 Å². The molecule has 23 heavy (non-hydrogen) atoms. The number of rotatable bonds is 7. The molecule has 3 heteroatoms. The van der Waals surface area contributed by atoms with Crippen molar-refractivity contribution in [2.24, 2.45) is 0 Å². The number of carbonyl (C=O) groups is 1. The number of allylic oxidation sites excluding steroid dienone is 2. The average Bonchev–Trinajstić information content (AvgIpc) is 2.56. The third-order valence-corrected chi connectivity index (χ3v) is 3.58. The van der Waals surface area contributed by atoms with E-state index in [1.54, 1.807) is 19.1 Å². The summed E-state index contributed by atoms with van der Waals surface area (Å²) in [7, 11) is 0. The van der Waals surface area contributed by atoms with Crippen LogP contribution in [0, 0.1) is 0 Å². The standard InChI is InChI=1S/C20H22O3/c1-2-23-20(22)15-18(17-11-13-19(21)14-12-17)10-6-9-16-7-4-3-5-8-16/h3-8,10-14,18,21H,2,9,15H2,1H3/b10-6+. The number of hydrogen-bond acceptors (Lipinski definition) is 3. The van der Waals surface area contributed by atoms with Crippen LogP contribution < -0.4 is 0 Å². The maximum atomic E-state index is 11.8. The lowest BCUT2D eigenvalue weighted by molar-refractivity contribution is -0.143. The van der Waals surface area contributed by atoms with E-state index >= 15 is 0 Å². The Hall–Kier alpha value is -2.55. The second kappa shape index (κ2) is 8.79. The molecule has 0 amide bonds. The van der Waals surface area contributed by atoms with Crippen LogP contribution in [0.5, 0.6) is 5.75 Å². The van der Waals surface area contributed by atoms with E-state index in [0.717, 1.165) is 12.0 Å². The molecule has 0 spiro atoms. The van der Waals surface area contributed by atoms with E-state index in [0.29, 0.717) is 13.0 Å². The van der Waals surface area contributed by atoms with E-state index in [9.17, 15) is 9.90 Å². The summed E-state index contributed by atoms with van der Waals surface area (Å²) in [6, 6.07) is 17.1. The van der Waals surface area contributed by atoms with E-state index < -0.39 is 0 Å². The van der Waals surface area contributed by atoms with Crippen LogP contribution in [0.2, 0.25) is 0 Å². The summed E-state index contributed by atoms with van der Waals surface area (Å²) in [5, 5.41) is 9.42. The quantitative estimate of drug-likeness (QED) is 0.615. The first-order valence-corrected chi connectivity index (χ1v) is 7.84. The lowest BCUT2D eigenvalue weighted by atomic mass is 9.94. The van der Waals surface area contributed by atoms with Gasteiger partial charge in [0.25, 0.3) is 0 Å². The van der Waals surface area contributed by atoms with Crippen LogP contribution in [0.4, 0.5) is 0 Å². The second-order valence-electron chi connectivity index (χ2n) is 5.33. The third kappa shape index (κ3) is 5.62. The highest BCUT2D eigenvalue weighted by Gasteiger charge is 2.14. The van der Waals surface area contributed by atoms with E-state index in [4.69, 9.17) is 4.74 Å². The summed E-state index contributed by atoms with van der Waals surface area (Å²) >= 11 is 0. The molecule has 0 heterocycles. The molecule has 0 fully saturated rings. The molecule has 0 radical (unpaired) electrons. The minimum Gasteiger partial charge on any atom is -0.508 e. The molecule has 0 aliphatic carbocycles. The summed E-state index contributed by atoms with van der Waals surface area (Å²) in [5.41, 5.74) is 2.21. The molecule has 0 aliphatic heterocycles. The van der Waals surface area contributed by atoms with Crippen LogP contribution in [0.25, 0.3) is 0 Å². The predicted molar refractivity (Wildman–Crippen MR) is 91.4 cm³/mol.